The van der Waals surface area contributed by atoms with Crippen molar-refractivity contribution in [1.82, 2.24) is 5.16 Å². The third-order valence-electron chi connectivity index (χ3n) is 4.01. The van der Waals surface area contributed by atoms with Gasteiger partial charge in [0.1, 0.15) is 23.8 Å². The van der Waals surface area contributed by atoms with Gasteiger partial charge in [-0.1, -0.05) is 11.2 Å². The molecule has 0 bridgehead atoms. The largest absolute Gasteiger partial charge is 0.497 e. The van der Waals surface area contributed by atoms with Crippen LogP contribution in [0.5, 0.6) is 23.0 Å². The van der Waals surface area contributed by atoms with Gasteiger partial charge in [0.2, 0.25) is 0 Å². The molecule has 8 heteroatoms. The molecular formula is C21H21NO7. The van der Waals surface area contributed by atoms with E-state index in [1.165, 1.54) is 0 Å². The molecule has 29 heavy (non-hydrogen) atoms. The zero-order valence-corrected chi connectivity index (χ0v) is 16.3. The van der Waals surface area contributed by atoms with Crippen molar-refractivity contribution in [3.8, 4) is 34.3 Å². The second kappa shape index (κ2) is 9.50. The maximum absolute atomic E-state index is 11.9. The van der Waals surface area contributed by atoms with E-state index in [4.69, 9.17) is 28.2 Å². The molecule has 0 saturated heterocycles. The minimum atomic E-state index is -0.525. The molecule has 8 nitrogen and oxygen atoms in total. The van der Waals surface area contributed by atoms with Crippen molar-refractivity contribution in [2.75, 3.05) is 27.9 Å². The van der Waals surface area contributed by atoms with Gasteiger partial charge >= 0.3 is 5.97 Å². The predicted molar refractivity (Wildman–Crippen MR) is 103 cm³/mol. The second-order valence-corrected chi connectivity index (χ2v) is 5.88. The maximum atomic E-state index is 11.9. The number of carbonyl (C=O) groups is 1. The standard InChI is InChI=1S/C21H21NO7/c1-24-16-5-4-6-17(11-16)27-13-21(23)28-12-15-10-19(29-22-15)14-7-8-18(25-2)20(9-14)26-3/h4-11H,12-13H2,1-3H3. The first-order valence-electron chi connectivity index (χ1n) is 8.73. The van der Waals surface area contributed by atoms with E-state index >= 15 is 0 Å². The Hall–Kier alpha value is -3.68. The van der Waals surface area contributed by atoms with Crippen LogP contribution in [-0.4, -0.2) is 39.1 Å². The van der Waals surface area contributed by atoms with E-state index in [0.717, 1.165) is 5.56 Å². The Bertz CT molecular complexity index is 967. The van der Waals surface area contributed by atoms with E-state index in [9.17, 15) is 4.79 Å². The molecule has 0 unspecified atom stereocenters. The fourth-order valence-corrected chi connectivity index (χ4v) is 2.53. The Kier molecular flexibility index (Phi) is 6.57. The Balaban J connectivity index is 1.54. The minimum Gasteiger partial charge on any atom is -0.497 e. The van der Waals surface area contributed by atoms with Crippen molar-refractivity contribution in [3.05, 3.63) is 54.2 Å². The summed E-state index contributed by atoms with van der Waals surface area (Å²) < 4.78 is 31.5. The van der Waals surface area contributed by atoms with Crippen LogP contribution in [0.2, 0.25) is 0 Å². The first-order valence-corrected chi connectivity index (χ1v) is 8.73. The van der Waals surface area contributed by atoms with Gasteiger partial charge in [-0.05, 0) is 30.3 Å². The number of aromatic nitrogens is 1. The highest BCUT2D eigenvalue weighted by Gasteiger charge is 2.13. The average molecular weight is 399 g/mol. The summed E-state index contributed by atoms with van der Waals surface area (Å²) in [6, 6.07) is 14.0. The quantitative estimate of drug-likeness (QED) is 0.505. The van der Waals surface area contributed by atoms with Crippen LogP contribution in [0.3, 0.4) is 0 Å². The van der Waals surface area contributed by atoms with Crippen molar-refractivity contribution < 1.29 is 33.0 Å². The zero-order valence-electron chi connectivity index (χ0n) is 16.3. The molecular weight excluding hydrogens is 378 g/mol. The number of hydrogen-bond acceptors (Lipinski definition) is 8. The number of carbonyl (C=O) groups excluding carboxylic acids is 1. The van der Waals surface area contributed by atoms with E-state index in [1.54, 1.807) is 63.8 Å². The van der Waals surface area contributed by atoms with Crippen LogP contribution in [0.1, 0.15) is 5.69 Å². The molecule has 0 saturated carbocycles. The van der Waals surface area contributed by atoms with Gasteiger partial charge in [0.15, 0.2) is 23.9 Å². The average Bonchev–Trinajstić information content (AvgIpc) is 3.25. The van der Waals surface area contributed by atoms with Gasteiger partial charge in [-0.15, -0.1) is 0 Å². The highest BCUT2D eigenvalue weighted by Crippen LogP contribution is 2.32. The summed E-state index contributed by atoms with van der Waals surface area (Å²) in [5, 5.41) is 3.92. The van der Waals surface area contributed by atoms with Crippen LogP contribution in [0.4, 0.5) is 0 Å². The third kappa shape index (κ3) is 5.19. The van der Waals surface area contributed by atoms with Gasteiger partial charge in [0, 0.05) is 17.7 Å². The molecule has 1 heterocycles. The van der Waals surface area contributed by atoms with Gasteiger partial charge in [-0.3, -0.25) is 0 Å². The number of hydrogen-bond donors (Lipinski definition) is 0. The number of methoxy groups -OCH3 is 3. The second-order valence-electron chi connectivity index (χ2n) is 5.88. The lowest BCUT2D eigenvalue weighted by Gasteiger charge is -2.07. The number of benzene rings is 2. The molecule has 0 radical (unpaired) electrons. The SMILES string of the molecule is COc1cccc(OCC(=O)OCc2cc(-c3ccc(OC)c(OC)c3)on2)c1. The molecule has 0 N–H and O–H groups in total. The minimum absolute atomic E-state index is 0.0307. The van der Waals surface area contributed by atoms with E-state index in [0.29, 0.717) is 34.5 Å². The monoisotopic (exact) mass is 399 g/mol. The summed E-state index contributed by atoms with van der Waals surface area (Å²) in [6.45, 7) is -0.259. The van der Waals surface area contributed by atoms with E-state index in [2.05, 4.69) is 5.16 Å². The molecule has 0 atom stereocenters. The lowest BCUT2D eigenvalue weighted by Crippen LogP contribution is -2.14. The van der Waals surface area contributed by atoms with Crippen molar-refractivity contribution in [1.29, 1.82) is 0 Å². The van der Waals surface area contributed by atoms with E-state index in [1.807, 2.05) is 6.07 Å². The lowest BCUT2D eigenvalue weighted by atomic mass is 10.1. The summed E-state index contributed by atoms with van der Waals surface area (Å²) >= 11 is 0. The summed E-state index contributed by atoms with van der Waals surface area (Å²) in [5.41, 5.74) is 1.23. The summed E-state index contributed by atoms with van der Waals surface area (Å²) in [4.78, 5) is 11.9. The number of nitrogens with zero attached hydrogens (tertiary/aromatic N) is 1. The Morgan fingerprint density at radius 1 is 0.931 bits per heavy atom. The third-order valence-corrected chi connectivity index (χ3v) is 4.01. The molecule has 152 valence electrons. The molecule has 0 spiro atoms. The molecule has 1 aromatic heterocycles. The van der Waals surface area contributed by atoms with Gasteiger partial charge < -0.3 is 28.2 Å². The summed E-state index contributed by atoms with van der Waals surface area (Å²) in [5.74, 6) is 2.33. The number of rotatable bonds is 9. The van der Waals surface area contributed by atoms with Gasteiger partial charge in [0.25, 0.3) is 0 Å². The van der Waals surface area contributed by atoms with Crippen molar-refractivity contribution in [3.63, 3.8) is 0 Å². The van der Waals surface area contributed by atoms with Crippen LogP contribution < -0.4 is 18.9 Å². The predicted octanol–water partition coefficient (Wildman–Crippen LogP) is 3.49. The van der Waals surface area contributed by atoms with E-state index < -0.39 is 5.97 Å². The van der Waals surface area contributed by atoms with Crippen molar-refractivity contribution >= 4 is 5.97 Å². The molecule has 0 aliphatic carbocycles. The zero-order chi connectivity index (χ0) is 20.6. The van der Waals surface area contributed by atoms with Crippen LogP contribution in [-0.2, 0) is 16.1 Å². The van der Waals surface area contributed by atoms with Gasteiger partial charge in [-0.25, -0.2) is 4.79 Å². The summed E-state index contributed by atoms with van der Waals surface area (Å²) in [7, 11) is 4.68. The molecule has 0 amide bonds. The lowest BCUT2D eigenvalue weighted by molar-refractivity contribution is -0.147. The summed E-state index contributed by atoms with van der Waals surface area (Å²) in [6.07, 6.45) is 0. The number of ether oxygens (including phenoxy) is 5. The number of esters is 1. The highest BCUT2D eigenvalue weighted by atomic mass is 16.6. The van der Waals surface area contributed by atoms with Gasteiger partial charge in [-0.2, -0.15) is 0 Å². The molecule has 0 aliphatic rings. The van der Waals surface area contributed by atoms with Crippen LogP contribution in [0.25, 0.3) is 11.3 Å². The fraction of sp³-hybridized carbons (Fsp3) is 0.238. The normalized spacial score (nSPS) is 10.3. The molecule has 2 aromatic carbocycles. The van der Waals surface area contributed by atoms with Crippen LogP contribution in [0.15, 0.2) is 53.1 Å². The Labute approximate surface area is 167 Å². The van der Waals surface area contributed by atoms with Crippen LogP contribution >= 0.6 is 0 Å². The van der Waals surface area contributed by atoms with Crippen LogP contribution in [0, 0.1) is 0 Å². The molecule has 0 fully saturated rings. The smallest absolute Gasteiger partial charge is 0.344 e. The van der Waals surface area contributed by atoms with Gasteiger partial charge in [0.05, 0.1) is 21.3 Å². The topological polar surface area (TPSA) is 89.3 Å². The molecule has 3 aromatic rings. The Morgan fingerprint density at radius 2 is 1.72 bits per heavy atom. The Morgan fingerprint density at radius 3 is 2.48 bits per heavy atom. The van der Waals surface area contributed by atoms with Crippen molar-refractivity contribution in [2.45, 2.75) is 6.61 Å². The van der Waals surface area contributed by atoms with E-state index in [-0.39, 0.29) is 13.2 Å². The highest BCUT2D eigenvalue weighted by molar-refractivity contribution is 5.71. The first kappa shape index (κ1) is 20.1. The maximum Gasteiger partial charge on any atom is 0.344 e. The van der Waals surface area contributed by atoms with Crippen molar-refractivity contribution in [2.24, 2.45) is 0 Å². The molecule has 3 rings (SSSR count). The first-order chi connectivity index (χ1) is 14.1. The fourth-order valence-electron chi connectivity index (χ4n) is 2.53. The molecule has 0 aliphatic heterocycles.